The zero-order chi connectivity index (χ0) is 21.4. The summed E-state index contributed by atoms with van der Waals surface area (Å²) in [5.41, 5.74) is 1.10. The zero-order valence-corrected chi connectivity index (χ0v) is 17.9. The van der Waals surface area contributed by atoms with E-state index in [1.54, 1.807) is 36.3 Å². The van der Waals surface area contributed by atoms with E-state index in [1.807, 2.05) is 12.1 Å². The van der Waals surface area contributed by atoms with E-state index in [1.165, 1.54) is 6.07 Å². The number of nitrogens with zero attached hydrogens (tertiary/aromatic N) is 1. The molecule has 30 heavy (non-hydrogen) atoms. The van der Waals surface area contributed by atoms with Gasteiger partial charge in [0, 0.05) is 11.6 Å². The van der Waals surface area contributed by atoms with Gasteiger partial charge in [-0.25, -0.2) is 0 Å². The molecule has 4 rings (SSSR count). The molecule has 1 saturated heterocycles. The van der Waals surface area contributed by atoms with Crippen molar-refractivity contribution < 1.29 is 19.4 Å². The number of ether oxygens (including phenoxy) is 1. The molecule has 2 aliphatic rings. The number of carbonyl (C=O) groups is 2. The number of carbonyl (C=O) groups excluding carboxylic acids is 2. The predicted octanol–water partition coefficient (Wildman–Crippen LogP) is 5.37. The molecule has 1 heterocycles. The molecule has 0 aromatic heterocycles. The molecule has 0 spiro atoms. The number of halogens is 2. The Morgan fingerprint density at radius 3 is 2.47 bits per heavy atom. The highest BCUT2D eigenvalue weighted by molar-refractivity contribution is 6.47. The van der Waals surface area contributed by atoms with Crippen LogP contribution < -0.4 is 4.74 Å². The van der Waals surface area contributed by atoms with Crippen LogP contribution in [0.4, 0.5) is 0 Å². The average Bonchev–Trinajstić information content (AvgIpc) is 3.36. The maximum Gasteiger partial charge on any atom is 0.295 e. The third-order valence-electron chi connectivity index (χ3n) is 5.80. The number of rotatable bonds is 4. The highest BCUT2D eigenvalue weighted by Gasteiger charge is 2.49. The number of benzene rings is 2. The van der Waals surface area contributed by atoms with Gasteiger partial charge >= 0.3 is 0 Å². The van der Waals surface area contributed by atoms with Crippen molar-refractivity contribution in [2.24, 2.45) is 0 Å². The monoisotopic (exact) mass is 445 g/mol. The van der Waals surface area contributed by atoms with Gasteiger partial charge in [-0.1, -0.05) is 48.2 Å². The van der Waals surface area contributed by atoms with E-state index in [4.69, 9.17) is 27.9 Å². The molecule has 1 atom stereocenters. The van der Waals surface area contributed by atoms with Gasteiger partial charge in [0.15, 0.2) is 0 Å². The molecule has 2 aromatic rings. The largest absolute Gasteiger partial charge is 0.507 e. The first-order chi connectivity index (χ1) is 14.4. The fraction of sp³-hybridized carbons (Fsp3) is 0.304. The van der Waals surface area contributed by atoms with Gasteiger partial charge in [-0.3, -0.25) is 9.59 Å². The van der Waals surface area contributed by atoms with Gasteiger partial charge in [0.1, 0.15) is 11.5 Å². The van der Waals surface area contributed by atoms with Crippen molar-refractivity contribution >= 4 is 40.7 Å². The van der Waals surface area contributed by atoms with Crippen LogP contribution in [0.15, 0.2) is 48.0 Å². The normalized spacial score (nSPS) is 21.4. The molecule has 1 unspecified atom stereocenters. The van der Waals surface area contributed by atoms with Gasteiger partial charge < -0.3 is 14.7 Å². The maximum absolute atomic E-state index is 13.1. The highest BCUT2D eigenvalue weighted by Crippen LogP contribution is 2.44. The predicted molar refractivity (Wildman–Crippen MR) is 116 cm³/mol. The van der Waals surface area contributed by atoms with Crippen molar-refractivity contribution in [1.29, 1.82) is 0 Å². The lowest BCUT2D eigenvalue weighted by Gasteiger charge is -2.31. The van der Waals surface area contributed by atoms with Crippen LogP contribution in [0.2, 0.25) is 10.0 Å². The summed E-state index contributed by atoms with van der Waals surface area (Å²) in [5.74, 6) is -0.936. The summed E-state index contributed by atoms with van der Waals surface area (Å²) in [5, 5.41) is 11.7. The van der Waals surface area contributed by atoms with Gasteiger partial charge in [0.2, 0.25) is 0 Å². The van der Waals surface area contributed by atoms with Crippen LogP contribution in [0, 0.1) is 0 Å². The van der Waals surface area contributed by atoms with Crippen molar-refractivity contribution in [1.82, 2.24) is 4.90 Å². The molecule has 5 nitrogen and oxygen atoms in total. The number of hydrogen-bond acceptors (Lipinski definition) is 4. The second-order valence-corrected chi connectivity index (χ2v) is 8.36. The van der Waals surface area contributed by atoms with Crippen molar-refractivity contribution in [3.8, 4) is 5.75 Å². The molecule has 1 aliphatic carbocycles. The minimum atomic E-state index is -0.697. The summed E-state index contributed by atoms with van der Waals surface area (Å²) < 4.78 is 5.34. The number of aliphatic hydroxyl groups excluding tert-OH is 1. The first kappa shape index (κ1) is 20.8. The van der Waals surface area contributed by atoms with E-state index < -0.39 is 17.7 Å². The lowest BCUT2D eigenvalue weighted by atomic mass is 9.94. The molecule has 7 heteroatoms. The topological polar surface area (TPSA) is 66.8 Å². The van der Waals surface area contributed by atoms with Crippen LogP contribution in [0.1, 0.15) is 42.9 Å². The number of hydrogen-bond donors (Lipinski definition) is 1. The molecular weight excluding hydrogens is 425 g/mol. The van der Waals surface area contributed by atoms with Gasteiger partial charge in [-0.05, 0) is 48.7 Å². The summed E-state index contributed by atoms with van der Waals surface area (Å²) in [6, 6.07) is 11.1. The molecule has 2 aromatic carbocycles. The Labute approximate surface area is 184 Å². The Hall–Kier alpha value is -2.50. The smallest absolute Gasteiger partial charge is 0.295 e. The molecular formula is C23H21Cl2NO4. The van der Waals surface area contributed by atoms with Crippen LogP contribution >= 0.6 is 23.2 Å². The van der Waals surface area contributed by atoms with Gasteiger partial charge in [-0.2, -0.15) is 0 Å². The maximum atomic E-state index is 13.1. The lowest BCUT2D eigenvalue weighted by molar-refractivity contribution is -0.141. The summed E-state index contributed by atoms with van der Waals surface area (Å²) in [7, 11) is 1.56. The van der Waals surface area contributed by atoms with Crippen LogP contribution in [-0.2, 0) is 9.59 Å². The van der Waals surface area contributed by atoms with E-state index in [-0.39, 0.29) is 22.4 Å². The molecule has 156 valence electrons. The molecule has 1 amide bonds. The quantitative estimate of drug-likeness (QED) is 0.390. The number of Topliss-reactive ketones (excluding diaryl/α,β-unsaturated/α-hetero) is 1. The summed E-state index contributed by atoms with van der Waals surface area (Å²) in [4.78, 5) is 27.8. The number of likely N-dealkylation sites (tertiary alicyclic amines) is 1. The molecule has 2 fully saturated rings. The Bertz CT molecular complexity index is 1040. The van der Waals surface area contributed by atoms with E-state index in [9.17, 15) is 14.7 Å². The zero-order valence-electron chi connectivity index (χ0n) is 16.4. The number of ketones is 1. The fourth-order valence-electron chi connectivity index (χ4n) is 4.35. The lowest BCUT2D eigenvalue weighted by Crippen LogP contribution is -2.37. The third-order valence-corrected chi connectivity index (χ3v) is 6.54. The molecule has 0 radical (unpaired) electrons. The van der Waals surface area contributed by atoms with Gasteiger partial charge in [0.05, 0.1) is 28.8 Å². The second-order valence-electron chi connectivity index (χ2n) is 7.55. The molecule has 1 aliphatic heterocycles. The fourth-order valence-corrected chi connectivity index (χ4v) is 4.64. The molecule has 1 saturated carbocycles. The Morgan fingerprint density at radius 2 is 1.80 bits per heavy atom. The molecule has 1 N–H and O–H groups in total. The van der Waals surface area contributed by atoms with Crippen molar-refractivity contribution in [2.75, 3.05) is 7.11 Å². The van der Waals surface area contributed by atoms with Crippen LogP contribution in [0.5, 0.6) is 5.75 Å². The van der Waals surface area contributed by atoms with E-state index in [0.29, 0.717) is 21.9 Å². The van der Waals surface area contributed by atoms with E-state index in [2.05, 4.69) is 0 Å². The minimum Gasteiger partial charge on any atom is -0.507 e. The second kappa shape index (κ2) is 8.32. The first-order valence-corrected chi connectivity index (χ1v) is 10.6. The van der Waals surface area contributed by atoms with Crippen molar-refractivity contribution in [3.63, 3.8) is 0 Å². The summed E-state index contributed by atoms with van der Waals surface area (Å²) >= 11 is 12.1. The van der Waals surface area contributed by atoms with Crippen LogP contribution in [0.25, 0.3) is 5.76 Å². The summed E-state index contributed by atoms with van der Waals surface area (Å²) in [6.07, 6.45) is 3.68. The minimum absolute atomic E-state index is 0.0447. The Balaban J connectivity index is 1.90. The SMILES string of the molecule is COc1cccc(C2/C(=C(/O)c3ccc(Cl)c(Cl)c3)C(=O)C(=O)N2C2CCCC2)c1. The standard InChI is InChI=1S/C23H21Cl2NO4/c1-30-16-8-4-5-13(11-16)20-19(21(27)14-9-10-17(24)18(25)12-14)22(28)23(29)26(20)15-6-2-3-7-15/h4-5,8-12,15,20,27H,2-3,6-7H2,1H3/b21-19-. The first-order valence-electron chi connectivity index (χ1n) is 9.82. The number of amides is 1. The van der Waals surface area contributed by atoms with Gasteiger partial charge in [-0.15, -0.1) is 0 Å². The van der Waals surface area contributed by atoms with Gasteiger partial charge in [0.25, 0.3) is 11.7 Å². The number of aliphatic hydroxyl groups is 1. The average molecular weight is 446 g/mol. The highest BCUT2D eigenvalue weighted by atomic mass is 35.5. The summed E-state index contributed by atoms with van der Waals surface area (Å²) in [6.45, 7) is 0. The van der Waals surface area contributed by atoms with E-state index in [0.717, 1.165) is 25.7 Å². The van der Waals surface area contributed by atoms with Crippen molar-refractivity contribution in [3.05, 3.63) is 69.2 Å². The van der Waals surface area contributed by atoms with Crippen LogP contribution in [0.3, 0.4) is 0 Å². The van der Waals surface area contributed by atoms with Crippen molar-refractivity contribution in [2.45, 2.75) is 37.8 Å². The van der Waals surface area contributed by atoms with Crippen LogP contribution in [-0.4, -0.2) is 34.8 Å². The Morgan fingerprint density at radius 1 is 1.07 bits per heavy atom. The third kappa shape index (κ3) is 3.57. The Kier molecular flexibility index (Phi) is 5.76. The van der Waals surface area contributed by atoms with E-state index >= 15 is 0 Å². The molecule has 0 bridgehead atoms. The number of methoxy groups -OCH3 is 1.